The molecule has 29 heavy (non-hydrogen) atoms. The average Bonchev–Trinajstić information content (AvgIpc) is 2.66. The first-order valence-corrected chi connectivity index (χ1v) is 11.2. The highest BCUT2D eigenvalue weighted by Gasteiger charge is 2.55. The van der Waals surface area contributed by atoms with Crippen LogP contribution in [0.3, 0.4) is 0 Å². The van der Waals surface area contributed by atoms with Crippen molar-refractivity contribution < 1.29 is 14.0 Å². The van der Waals surface area contributed by atoms with Gasteiger partial charge in [0.2, 0.25) is 11.8 Å². The molecule has 0 aromatic heterocycles. The lowest BCUT2D eigenvalue weighted by Crippen LogP contribution is -2.58. The lowest BCUT2D eigenvalue weighted by atomic mass is 9.49. The van der Waals surface area contributed by atoms with Gasteiger partial charge in [-0.1, -0.05) is 32.0 Å². The molecule has 4 saturated carbocycles. The Balaban J connectivity index is 1.36. The van der Waals surface area contributed by atoms with E-state index in [2.05, 4.69) is 10.6 Å². The second kappa shape index (κ2) is 8.08. The van der Waals surface area contributed by atoms with E-state index in [-0.39, 0.29) is 29.0 Å². The molecule has 5 heteroatoms. The third-order valence-electron chi connectivity index (χ3n) is 7.41. The highest BCUT2D eigenvalue weighted by Crippen LogP contribution is 2.60. The van der Waals surface area contributed by atoms with Crippen LogP contribution in [0.25, 0.3) is 0 Å². The highest BCUT2D eigenvalue weighted by molar-refractivity contribution is 5.90. The Bertz CT molecular complexity index is 741. The molecular formula is C24H33FN2O2. The normalized spacial score (nSPS) is 31.0. The van der Waals surface area contributed by atoms with E-state index in [1.165, 1.54) is 25.3 Å². The van der Waals surface area contributed by atoms with E-state index in [1.54, 1.807) is 18.2 Å². The summed E-state index contributed by atoms with van der Waals surface area (Å²) in [6, 6.07) is 6.07. The van der Waals surface area contributed by atoms with Crippen molar-refractivity contribution in [3.63, 3.8) is 0 Å². The summed E-state index contributed by atoms with van der Waals surface area (Å²) in [5.41, 5.74) is 0.335. The van der Waals surface area contributed by atoms with Crippen LogP contribution in [0.15, 0.2) is 24.3 Å². The van der Waals surface area contributed by atoms with Crippen LogP contribution < -0.4 is 10.6 Å². The predicted molar refractivity (Wildman–Crippen MR) is 110 cm³/mol. The van der Waals surface area contributed by atoms with Crippen LogP contribution in [0.2, 0.25) is 0 Å². The second-order valence-corrected chi connectivity index (χ2v) is 10.0. The summed E-state index contributed by atoms with van der Waals surface area (Å²) >= 11 is 0. The fourth-order valence-electron chi connectivity index (χ4n) is 6.35. The van der Waals surface area contributed by atoms with Crippen molar-refractivity contribution in [2.24, 2.45) is 29.1 Å². The molecule has 2 N–H and O–H groups in total. The molecule has 1 aromatic rings. The molecule has 2 amide bonds. The number of benzene rings is 1. The monoisotopic (exact) mass is 400 g/mol. The number of rotatable bonds is 7. The van der Waals surface area contributed by atoms with Crippen LogP contribution in [0.5, 0.6) is 0 Å². The van der Waals surface area contributed by atoms with Gasteiger partial charge in [-0.3, -0.25) is 9.59 Å². The molecule has 0 saturated heterocycles. The van der Waals surface area contributed by atoms with Gasteiger partial charge in [-0.25, -0.2) is 4.39 Å². The number of amides is 2. The molecular weight excluding hydrogens is 367 g/mol. The van der Waals surface area contributed by atoms with E-state index < -0.39 is 6.04 Å². The van der Waals surface area contributed by atoms with Gasteiger partial charge in [0.25, 0.3) is 0 Å². The molecule has 4 aliphatic carbocycles. The topological polar surface area (TPSA) is 58.2 Å². The summed E-state index contributed by atoms with van der Waals surface area (Å²) in [5, 5.41) is 6.01. The molecule has 0 aliphatic heterocycles. The van der Waals surface area contributed by atoms with Crippen LogP contribution in [0.4, 0.5) is 4.39 Å². The standard InChI is InChI=1S/C24H33FN2O2/c1-15(2)21(22(28)26-8-7-19-5-3-4-6-20(19)25)27-23(29)24-12-16-9-17(13-24)11-18(10-16)14-24/h3-6,15-18,21H,7-14H2,1-2H3,(H,26,28)(H,27,29). The van der Waals surface area contributed by atoms with Crippen LogP contribution in [0, 0.1) is 34.9 Å². The maximum absolute atomic E-state index is 13.8. The predicted octanol–water partition coefficient (Wildman–Crippen LogP) is 3.84. The van der Waals surface area contributed by atoms with E-state index in [0.29, 0.717) is 36.3 Å². The third-order valence-corrected chi connectivity index (χ3v) is 7.41. The Labute approximate surface area is 173 Å². The maximum Gasteiger partial charge on any atom is 0.242 e. The quantitative estimate of drug-likeness (QED) is 0.731. The third kappa shape index (κ3) is 4.19. The molecule has 4 bridgehead atoms. The minimum Gasteiger partial charge on any atom is -0.354 e. The van der Waals surface area contributed by atoms with Crippen LogP contribution in [-0.2, 0) is 16.0 Å². The van der Waals surface area contributed by atoms with E-state index >= 15 is 0 Å². The van der Waals surface area contributed by atoms with Crippen molar-refractivity contribution >= 4 is 11.8 Å². The van der Waals surface area contributed by atoms with Crippen molar-refractivity contribution in [2.45, 2.75) is 64.8 Å². The van der Waals surface area contributed by atoms with Crippen molar-refractivity contribution in [1.82, 2.24) is 10.6 Å². The fraction of sp³-hybridized carbons (Fsp3) is 0.667. The molecule has 1 atom stereocenters. The number of hydrogen-bond donors (Lipinski definition) is 2. The Morgan fingerprint density at radius 2 is 1.66 bits per heavy atom. The molecule has 4 aliphatic rings. The van der Waals surface area contributed by atoms with Gasteiger partial charge >= 0.3 is 0 Å². The maximum atomic E-state index is 13.8. The summed E-state index contributed by atoms with van der Waals surface area (Å²) in [6.07, 6.45) is 7.27. The van der Waals surface area contributed by atoms with Gasteiger partial charge in [0.1, 0.15) is 11.9 Å². The van der Waals surface area contributed by atoms with Gasteiger partial charge in [-0.05, 0) is 80.2 Å². The van der Waals surface area contributed by atoms with Crippen LogP contribution in [-0.4, -0.2) is 24.4 Å². The summed E-state index contributed by atoms with van der Waals surface area (Å²) in [7, 11) is 0. The van der Waals surface area contributed by atoms with Crippen molar-refractivity contribution in [1.29, 1.82) is 0 Å². The summed E-state index contributed by atoms with van der Waals surface area (Å²) in [5.74, 6) is 1.74. The molecule has 4 fully saturated rings. The molecule has 0 heterocycles. The van der Waals surface area contributed by atoms with Gasteiger partial charge in [0.05, 0.1) is 0 Å². The number of nitrogens with one attached hydrogen (secondary N) is 2. The van der Waals surface area contributed by atoms with Crippen molar-refractivity contribution in [3.8, 4) is 0 Å². The lowest BCUT2D eigenvalue weighted by molar-refractivity contribution is -0.149. The first-order valence-electron chi connectivity index (χ1n) is 11.2. The molecule has 5 rings (SSSR count). The first kappa shape index (κ1) is 20.4. The Kier molecular flexibility index (Phi) is 5.67. The highest BCUT2D eigenvalue weighted by atomic mass is 19.1. The van der Waals surface area contributed by atoms with Crippen molar-refractivity contribution in [2.75, 3.05) is 6.54 Å². The lowest BCUT2D eigenvalue weighted by Gasteiger charge is -2.55. The number of halogens is 1. The van der Waals surface area contributed by atoms with E-state index in [9.17, 15) is 14.0 Å². The minimum atomic E-state index is -0.545. The summed E-state index contributed by atoms with van der Waals surface area (Å²) in [4.78, 5) is 26.1. The molecule has 158 valence electrons. The smallest absolute Gasteiger partial charge is 0.242 e. The van der Waals surface area contributed by atoms with Crippen LogP contribution >= 0.6 is 0 Å². The Hall–Kier alpha value is -1.91. The fourth-order valence-corrected chi connectivity index (χ4v) is 6.35. The second-order valence-electron chi connectivity index (χ2n) is 10.0. The summed E-state index contributed by atoms with van der Waals surface area (Å²) < 4.78 is 13.8. The van der Waals surface area contributed by atoms with Crippen molar-refractivity contribution in [3.05, 3.63) is 35.6 Å². The molecule has 0 spiro atoms. The van der Waals surface area contributed by atoms with Gasteiger partial charge in [-0.15, -0.1) is 0 Å². The van der Waals surface area contributed by atoms with Gasteiger partial charge in [0, 0.05) is 12.0 Å². The SMILES string of the molecule is CC(C)C(NC(=O)C12CC3CC(CC(C3)C1)C2)C(=O)NCCc1ccccc1F. The Morgan fingerprint density at radius 1 is 1.07 bits per heavy atom. The zero-order chi connectivity index (χ0) is 20.6. The van der Waals surface area contributed by atoms with E-state index in [1.807, 2.05) is 13.8 Å². The van der Waals surface area contributed by atoms with Gasteiger partial charge < -0.3 is 10.6 Å². The van der Waals surface area contributed by atoms with Gasteiger partial charge in [0.15, 0.2) is 0 Å². The molecule has 0 radical (unpaired) electrons. The largest absolute Gasteiger partial charge is 0.354 e. The van der Waals surface area contributed by atoms with E-state index in [0.717, 1.165) is 19.3 Å². The number of carbonyl (C=O) groups is 2. The molecule has 1 unspecified atom stereocenters. The zero-order valence-electron chi connectivity index (χ0n) is 17.5. The van der Waals surface area contributed by atoms with Crippen LogP contribution in [0.1, 0.15) is 57.9 Å². The average molecular weight is 401 g/mol. The number of hydrogen-bond acceptors (Lipinski definition) is 2. The van der Waals surface area contributed by atoms with E-state index in [4.69, 9.17) is 0 Å². The van der Waals surface area contributed by atoms with Gasteiger partial charge in [-0.2, -0.15) is 0 Å². The summed E-state index contributed by atoms with van der Waals surface area (Å²) in [6.45, 7) is 4.28. The minimum absolute atomic E-state index is 0.00123. The molecule has 1 aromatic carbocycles. The molecule has 4 nitrogen and oxygen atoms in total. The zero-order valence-corrected chi connectivity index (χ0v) is 17.5. The first-order chi connectivity index (χ1) is 13.9. The Morgan fingerprint density at radius 3 is 2.21 bits per heavy atom. The number of carbonyl (C=O) groups excluding carboxylic acids is 2.